The minimum absolute atomic E-state index is 0.113. The molecule has 0 fully saturated rings. The Morgan fingerprint density at radius 1 is 1.32 bits per heavy atom. The van der Waals surface area contributed by atoms with Crippen LogP contribution in [-0.4, -0.2) is 27.2 Å². The van der Waals surface area contributed by atoms with Crippen molar-refractivity contribution in [2.45, 2.75) is 31.6 Å². The summed E-state index contributed by atoms with van der Waals surface area (Å²) >= 11 is 0. The molecule has 6 nitrogen and oxygen atoms in total. The first kappa shape index (κ1) is 14.9. The second-order valence-electron chi connectivity index (χ2n) is 5.63. The predicted octanol–water partition coefficient (Wildman–Crippen LogP) is 2.47. The van der Waals surface area contributed by atoms with Crippen molar-refractivity contribution in [2.75, 3.05) is 23.2 Å². The van der Waals surface area contributed by atoms with Crippen molar-refractivity contribution >= 4 is 21.4 Å². The summed E-state index contributed by atoms with van der Waals surface area (Å²) in [4.78, 5) is 2.30. The summed E-state index contributed by atoms with van der Waals surface area (Å²) in [6.07, 6.45) is 2.03. The Bertz CT molecular complexity index is 792. The Labute approximate surface area is 130 Å². The third-order valence-electron chi connectivity index (χ3n) is 3.92. The van der Waals surface area contributed by atoms with Gasteiger partial charge in [-0.25, -0.2) is 8.42 Å². The fourth-order valence-corrected chi connectivity index (χ4v) is 4.29. The van der Waals surface area contributed by atoms with Crippen LogP contribution in [0.1, 0.15) is 23.4 Å². The second kappa shape index (κ2) is 5.31. The zero-order valence-electron chi connectivity index (χ0n) is 12.9. The average molecular weight is 321 g/mol. The Kier molecular flexibility index (Phi) is 3.60. The van der Waals surface area contributed by atoms with Crippen molar-refractivity contribution in [1.29, 1.82) is 0 Å². The molecule has 0 saturated heterocycles. The van der Waals surface area contributed by atoms with Crippen LogP contribution in [0.2, 0.25) is 0 Å². The summed E-state index contributed by atoms with van der Waals surface area (Å²) in [6, 6.07) is 5.65. The van der Waals surface area contributed by atoms with Gasteiger partial charge in [-0.3, -0.25) is 4.72 Å². The molecule has 0 atom stereocenters. The molecule has 1 aliphatic heterocycles. The highest BCUT2D eigenvalue weighted by Crippen LogP contribution is 2.30. The predicted molar refractivity (Wildman–Crippen MR) is 84.8 cm³/mol. The summed E-state index contributed by atoms with van der Waals surface area (Å²) in [6.45, 7) is 4.24. The molecular formula is C15H19N3O3S. The molecule has 2 aromatic rings. The largest absolute Gasteiger partial charge is 0.374 e. The van der Waals surface area contributed by atoms with Crippen molar-refractivity contribution in [3.05, 3.63) is 35.2 Å². The molecule has 0 spiro atoms. The first-order valence-electron chi connectivity index (χ1n) is 7.18. The van der Waals surface area contributed by atoms with Gasteiger partial charge in [0.05, 0.1) is 0 Å². The highest BCUT2D eigenvalue weighted by molar-refractivity contribution is 7.92. The van der Waals surface area contributed by atoms with E-state index in [1.165, 1.54) is 0 Å². The van der Waals surface area contributed by atoms with Gasteiger partial charge in [0.25, 0.3) is 10.0 Å². The molecule has 22 heavy (non-hydrogen) atoms. The highest BCUT2D eigenvalue weighted by atomic mass is 32.2. The van der Waals surface area contributed by atoms with Crippen molar-refractivity contribution in [3.63, 3.8) is 0 Å². The van der Waals surface area contributed by atoms with E-state index in [-0.39, 0.29) is 4.90 Å². The Morgan fingerprint density at radius 3 is 2.77 bits per heavy atom. The number of hydrogen-bond donors (Lipinski definition) is 1. The van der Waals surface area contributed by atoms with Crippen molar-refractivity contribution in [1.82, 2.24) is 5.16 Å². The molecule has 0 aliphatic carbocycles. The molecule has 1 aromatic heterocycles. The number of aromatic nitrogens is 1. The zero-order valence-corrected chi connectivity index (χ0v) is 13.7. The van der Waals surface area contributed by atoms with E-state index in [0.29, 0.717) is 17.1 Å². The molecule has 0 radical (unpaired) electrons. The van der Waals surface area contributed by atoms with Crippen molar-refractivity contribution in [2.24, 2.45) is 0 Å². The van der Waals surface area contributed by atoms with Crippen LogP contribution in [0.25, 0.3) is 0 Å². The number of anilines is 2. The number of fused-ring (bicyclic) bond motifs is 1. The fourth-order valence-electron chi connectivity index (χ4n) is 2.91. The smallest absolute Gasteiger partial charge is 0.267 e. The maximum absolute atomic E-state index is 12.5. The summed E-state index contributed by atoms with van der Waals surface area (Å²) < 4.78 is 32.6. The zero-order chi connectivity index (χ0) is 15.9. The van der Waals surface area contributed by atoms with E-state index >= 15 is 0 Å². The molecule has 0 amide bonds. The Balaban J connectivity index is 1.93. The van der Waals surface area contributed by atoms with Gasteiger partial charge >= 0.3 is 0 Å². The lowest BCUT2D eigenvalue weighted by atomic mass is 10.0. The van der Waals surface area contributed by atoms with Crippen LogP contribution in [0.4, 0.5) is 11.4 Å². The van der Waals surface area contributed by atoms with Gasteiger partial charge in [0, 0.05) is 25.0 Å². The van der Waals surface area contributed by atoms with E-state index < -0.39 is 10.0 Å². The number of hydrogen-bond acceptors (Lipinski definition) is 5. The Morgan fingerprint density at radius 2 is 2.09 bits per heavy atom. The number of nitrogens with zero attached hydrogens (tertiary/aromatic N) is 2. The first-order chi connectivity index (χ1) is 10.4. The minimum Gasteiger partial charge on any atom is -0.374 e. The SMILES string of the molecule is Cc1noc(C)c1S(=O)(=O)Nc1ccc2c(c1)CCCN2C. The molecule has 1 aliphatic rings. The van der Waals surface area contributed by atoms with Gasteiger partial charge < -0.3 is 9.42 Å². The van der Waals surface area contributed by atoms with E-state index in [1.54, 1.807) is 19.9 Å². The van der Waals surface area contributed by atoms with Crippen LogP contribution < -0.4 is 9.62 Å². The van der Waals surface area contributed by atoms with Crippen molar-refractivity contribution in [3.8, 4) is 0 Å². The van der Waals surface area contributed by atoms with Gasteiger partial charge in [0.15, 0.2) is 10.7 Å². The molecule has 118 valence electrons. The molecular weight excluding hydrogens is 302 g/mol. The van der Waals surface area contributed by atoms with E-state index in [0.717, 1.165) is 30.6 Å². The average Bonchev–Trinajstić information content (AvgIpc) is 2.78. The maximum atomic E-state index is 12.5. The molecule has 3 rings (SSSR count). The van der Waals surface area contributed by atoms with E-state index in [9.17, 15) is 8.42 Å². The van der Waals surface area contributed by atoms with Crippen LogP contribution in [0, 0.1) is 13.8 Å². The number of nitrogens with one attached hydrogen (secondary N) is 1. The van der Waals surface area contributed by atoms with E-state index in [2.05, 4.69) is 14.8 Å². The third kappa shape index (κ3) is 2.56. The maximum Gasteiger partial charge on any atom is 0.267 e. The fraction of sp³-hybridized carbons (Fsp3) is 0.400. The van der Waals surface area contributed by atoms with Crippen molar-refractivity contribution < 1.29 is 12.9 Å². The number of aryl methyl sites for hydroxylation is 3. The highest BCUT2D eigenvalue weighted by Gasteiger charge is 2.24. The number of sulfonamides is 1. The summed E-state index contributed by atoms with van der Waals surface area (Å²) in [5.41, 5.74) is 3.25. The topological polar surface area (TPSA) is 75.4 Å². The standard InChI is InChI=1S/C15H19N3O3S/c1-10-15(11(2)21-16-10)22(19,20)17-13-6-7-14-12(9-13)5-4-8-18(14)3/h6-7,9,17H,4-5,8H2,1-3H3. The molecule has 2 heterocycles. The lowest BCUT2D eigenvalue weighted by Crippen LogP contribution is -2.24. The van der Waals surface area contributed by atoms with E-state index in [4.69, 9.17) is 4.52 Å². The van der Waals surface area contributed by atoms with Gasteiger partial charge in [-0.05, 0) is 50.5 Å². The van der Waals surface area contributed by atoms with Gasteiger partial charge in [-0.2, -0.15) is 0 Å². The van der Waals surface area contributed by atoms with Gasteiger partial charge in [0.2, 0.25) is 0 Å². The lowest BCUT2D eigenvalue weighted by Gasteiger charge is -2.27. The second-order valence-corrected chi connectivity index (χ2v) is 7.25. The van der Waals surface area contributed by atoms with Gasteiger partial charge in [-0.15, -0.1) is 0 Å². The van der Waals surface area contributed by atoms with Crippen LogP contribution in [0.5, 0.6) is 0 Å². The third-order valence-corrected chi connectivity index (χ3v) is 5.54. The Hall–Kier alpha value is -2.02. The van der Waals surface area contributed by atoms with Crippen LogP contribution >= 0.6 is 0 Å². The molecule has 1 aromatic carbocycles. The number of rotatable bonds is 3. The first-order valence-corrected chi connectivity index (χ1v) is 8.66. The lowest BCUT2D eigenvalue weighted by molar-refractivity contribution is 0.390. The van der Waals surface area contributed by atoms with E-state index in [1.807, 2.05) is 19.2 Å². The van der Waals surface area contributed by atoms with Crippen LogP contribution in [0.15, 0.2) is 27.6 Å². The van der Waals surface area contributed by atoms with Gasteiger partial charge in [-0.1, -0.05) is 5.16 Å². The molecule has 0 bridgehead atoms. The summed E-state index contributed by atoms with van der Waals surface area (Å²) in [5.74, 6) is 0.294. The normalized spacial score (nSPS) is 14.8. The quantitative estimate of drug-likeness (QED) is 0.940. The summed E-state index contributed by atoms with van der Waals surface area (Å²) in [7, 11) is -1.64. The number of benzene rings is 1. The monoisotopic (exact) mass is 321 g/mol. The summed E-state index contributed by atoms with van der Waals surface area (Å²) in [5, 5.41) is 3.70. The van der Waals surface area contributed by atoms with Crippen LogP contribution in [0.3, 0.4) is 0 Å². The molecule has 0 unspecified atom stereocenters. The van der Waals surface area contributed by atoms with Gasteiger partial charge in [0.1, 0.15) is 5.69 Å². The minimum atomic E-state index is -3.69. The molecule has 1 N–H and O–H groups in total. The molecule has 0 saturated carbocycles. The van der Waals surface area contributed by atoms with Crippen LogP contribution in [-0.2, 0) is 16.4 Å². The molecule has 7 heteroatoms.